The number of fused-ring (bicyclic) bond motifs is 1. The number of amides is 1. The molecule has 1 aliphatic heterocycles. The van der Waals surface area contributed by atoms with Crippen molar-refractivity contribution in [2.24, 2.45) is 0 Å². The van der Waals surface area contributed by atoms with Crippen molar-refractivity contribution in [3.05, 3.63) is 29.8 Å². The van der Waals surface area contributed by atoms with Gasteiger partial charge in [-0.2, -0.15) is 0 Å². The van der Waals surface area contributed by atoms with Gasteiger partial charge < -0.3 is 4.74 Å². The summed E-state index contributed by atoms with van der Waals surface area (Å²) in [5, 5.41) is 0. The third kappa shape index (κ3) is 2.53. The molecular formula is C14H17NO5S. The van der Waals surface area contributed by atoms with E-state index < -0.39 is 27.9 Å². The van der Waals surface area contributed by atoms with Gasteiger partial charge in [0.05, 0.1) is 12.2 Å². The molecule has 1 aromatic carbocycles. The van der Waals surface area contributed by atoms with Crippen LogP contribution < -0.4 is 0 Å². The van der Waals surface area contributed by atoms with E-state index in [1.165, 1.54) is 12.1 Å². The van der Waals surface area contributed by atoms with Gasteiger partial charge in [-0.15, -0.1) is 0 Å². The molecule has 1 heterocycles. The first-order chi connectivity index (χ1) is 9.95. The van der Waals surface area contributed by atoms with Crippen LogP contribution in [0.2, 0.25) is 0 Å². The number of hydrogen-bond acceptors (Lipinski definition) is 5. The van der Waals surface area contributed by atoms with Gasteiger partial charge in [-0.05, 0) is 25.5 Å². The minimum Gasteiger partial charge on any atom is -0.464 e. The second-order valence-corrected chi connectivity index (χ2v) is 6.44. The Morgan fingerprint density at radius 3 is 2.52 bits per heavy atom. The van der Waals surface area contributed by atoms with Gasteiger partial charge in [-0.25, -0.2) is 17.5 Å². The lowest BCUT2D eigenvalue weighted by Gasteiger charge is -2.24. The Labute approximate surface area is 123 Å². The fourth-order valence-corrected chi connectivity index (χ4v) is 4.09. The molecule has 7 heteroatoms. The zero-order valence-corrected chi connectivity index (χ0v) is 12.7. The highest BCUT2D eigenvalue weighted by atomic mass is 32.2. The van der Waals surface area contributed by atoms with Crippen LogP contribution in [0, 0.1) is 0 Å². The van der Waals surface area contributed by atoms with Crippen molar-refractivity contribution >= 4 is 21.9 Å². The number of rotatable bonds is 5. The molecule has 0 saturated heterocycles. The van der Waals surface area contributed by atoms with Crippen LogP contribution >= 0.6 is 0 Å². The maximum atomic E-state index is 12.5. The standard InChI is InChI=1S/C14H17NO5S/c1-3-7-11(14(17)20-4-2)15-13(16)10-8-5-6-9-12(10)21(15,18)19/h5-6,8-9,11H,3-4,7H2,1-2H3/t11-/m0/s1. The molecule has 114 valence electrons. The predicted molar refractivity (Wildman–Crippen MR) is 75.1 cm³/mol. The van der Waals surface area contributed by atoms with Crippen LogP contribution in [0.3, 0.4) is 0 Å². The molecule has 2 rings (SSSR count). The summed E-state index contributed by atoms with van der Waals surface area (Å²) in [5.41, 5.74) is 0.0999. The molecule has 0 aliphatic carbocycles. The number of nitrogens with zero attached hydrogens (tertiary/aromatic N) is 1. The van der Waals surface area contributed by atoms with Crippen LogP contribution in [-0.2, 0) is 19.6 Å². The lowest BCUT2D eigenvalue weighted by atomic mass is 10.1. The number of carbonyl (C=O) groups is 2. The molecule has 1 atom stereocenters. The van der Waals surface area contributed by atoms with Gasteiger partial charge in [0.2, 0.25) is 0 Å². The van der Waals surface area contributed by atoms with Gasteiger partial charge in [0.25, 0.3) is 15.9 Å². The predicted octanol–water partition coefficient (Wildman–Crippen LogP) is 1.56. The minimum absolute atomic E-state index is 0.0552. The van der Waals surface area contributed by atoms with E-state index in [-0.39, 0.29) is 23.5 Å². The molecule has 0 fully saturated rings. The van der Waals surface area contributed by atoms with Crippen molar-refractivity contribution in [3.63, 3.8) is 0 Å². The number of ether oxygens (including phenoxy) is 1. The third-order valence-electron chi connectivity index (χ3n) is 3.26. The molecule has 0 bridgehead atoms. The first-order valence-corrected chi connectivity index (χ1v) is 8.23. The molecule has 0 unspecified atom stereocenters. The zero-order valence-electron chi connectivity index (χ0n) is 11.9. The Kier molecular flexibility index (Phi) is 4.32. The van der Waals surface area contributed by atoms with Crippen LogP contribution in [0.5, 0.6) is 0 Å². The van der Waals surface area contributed by atoms with Gasteiger partial charge in [0.15, 0.2) is 0 Å². The fourth-order valence-electron chi connectivity index (χ4n) is 2.35. The maximum absolute atomic E-state index is 12.5. The second-order valence-electron chi connectivity index (χ2n) is 4.66. The summed E-state index contributed by atoms with van der Waals surface area (Å²) in [6, 6.07) is 4.85. The van der Waals surface area contributed by atoms with E-state index in [0.29, 0.717) is 10.7 Å². The molecule has 1 aromatic rings. The van der Waals surface area contributed by atoms with Crippen LogP contribution in [-0.4, -0.2) is 37.2 Å². The van der Waals surface area contributed by atoms with E-state index in [9.17, 15) is 18.0 Å². The Hall–Kier alpha value is -1.89. The highest BCUT2D eigenvalue weighted by Gasteiger charge is 2.47. The molecule has 21 heavy (non-hydrogen) atoms. The average Bonchev–Trinajstić information content (AvgIpc) is 2.65. The second kappa shape index (κ2) is 5.85. The number of sulfonamides is 1. The van der Waals surface area contributed by atoms with Crippen molar-refractivity contribution in [1.82, 2.24) is 4.31 Å². The first-order valence-electron chi connectivity index (χ1n) is 6.79. The van der Waals surface area contributed by atoms with Gasteiger partial charge in [-0.3, -0.25) is 4.79 Å². The molecule has 1 aliphatic rings. The fraction of sp³-hybridized carbons (Fsp3) is 0.429. The Balaban J connectivity index is 2.48. The van der Waals surface area contributed by atoms with Crippen molar-refractivity contribution < 1.29 is 22.7 Å². The van der Waals surface area contributed by atoms with Crippen molar-refractivity contribution in [3.8, 4) is 0 Å². The normalized spacial score (nSPS) is 17.4. The lowest BCUT2D eigenvalue weighted by molar-refractivity contribution is -0.147. The zero-order chi connectivity index (χ0) is 15.6. The van der Waals surface area contributed by atoms with E-state index >= 15 is 0 Å². The van der Waals surface area contributed by atoms with E-state index in [0.717, 1.165) is 0 Å². The molecule has 1 amide bonds. The van der Waals surface area contributed by atoms with Gasteiger partial charge >= 0.3 is 5.97 Å². The lowest BCUT2D eigenvalue weighted by Crippen LogP contribution is -2.45. The van der Waals surface area contributed by atoms with Crippen molar-refractivity contribution in [2.45, 2.75) is 37.6 Å². The van der Waals surface area contributed by atoms with E-state index in [4.69, 9.17) is 4.74 Å². The summed E-state index contributed by atoms with van der Waals surface area (Å²) >= 11 is 0. The largest absolute Gasteiger partial charge is 0.464 e. The smallest absolute Gasteiger partial charge is 0.330 e. The van der Waals surface area contributed by atoms with E-state index in [1.54, 1.807) is 19.1 Å². The average molecular weight is 311 g/mol. The maximum Gasteiger partial charge on any atom is 0.330 e. The molecular weight excluding hydrogens is 294 g/mol. The van der Waals surface area contributed by atoms with Gasteiger partial charge in [0, 0.05) is 0 Å². The molecule has 0 N–H and O–H groups in total. The monoisotopic (exact) mass is 311 g/mol. The van der Waals surface area contributed by atoms with Gasteiger partial charge in [-0.1, -0.05) is 25.5 Å². The summed E-state index contributed by atoms with van der Waals surface area (Å²) < 4.78 is 30.6. The van der Waals surface area contributed by atoms with Crippen LogP contribution in [0.1, 0.15) is 37.0 Å². The summed E-state index contributed by atoms with van der Waals surface area (Å²) in [6.07, 6.45) is 0.789. The molecule has 6 nitrogen and oxygen atoms in total. The summed E-state index contributed by atoms with van der Waals surface area (Å²) in [5.74, 6) is -1.36. The number of esters is 1. The first kappa shape index (κ1) is 15.5. The number of benzene rings is 1. The van der Waals surface area contributed by atoms with E-state index in [1.807, 2.05) is 6.92 Å². The topological polar surface area (TPSA) is 80.8 Å². The van der Waals surface area contributed by atoms with E-state index in [2.05, 4.69) is 0 Å². The molecule has 0 saturated carbocycles. The molecule has 0 radical (unpaired) electrons. The van der Waals surface area contributed by atoms with Crippen LogP contribution in [0.15, 0.2) is 29.2 Å². The van der Waals surface area contributed by atoms with Crippen LogP contribution in [0.25, 0.3) is 0 Å². The number of hydrogen-bond donors (Lipinski definition) is 0. The molecule has 0 spiro atoms. The van der Waals surface area contributed by atoms with Crippen molar-refractivity contribution in [1.29, 1.82) is 0 Å². The Morgan fingerprint density at radius 2 is 1.95 bits per heavy atom. The third-order valence-corrected chi connectivity index (χ3v) is 5.11. The van der Waals surface area contributed by atoms with Gasteiger partial charge in [0.1, 0.15) is 10.9 Å². The van der Waals surface area contributed by atoms with Crippen LogP contribution in [0.4, 0.5) is 0 Å². The SMILES string of the molecule is CCC[C@@H](C(=O)OCC)N1C(=O)c2ccccc2S1(=O)=O. The quantitative estimate of drug-likeness (QED) is 0.771. The Bertz CT molecular complexity index is 668. The summed E-state index contributed by atoms with van der Waals surface area (Å²) in [4.78, 5) is 24.3. The Morgan fingerprint density at radius 1 is 1.29 bits per heavy atom. The summed E-state index contributed by atoms with van der Waals surface area (Å²) in [6.45, 7) is 3.58. The summed E-state index contributed by atoms with van der Waals surface area (Å²) in [7, 11) is -4.00. The minimum atomic E-state index is -4.00. The highest BCUT2D eigenvalue weighted by Crippen LogP contribution is 2.33. The molecule has 0 aromatic heterocycles. The number of carbonyl (C=O) groups excluding carboxylic acids is 2. The highest BCUT2D eigenvalue weighted by molar-refractivity contribution is 7.90. The van der Waals surface area contributed by atoms with Crippen molar-refractivity contribution in [2.75, 3.05) is 6.61 Å².